The van der Waals surface area contributed by atoms with E-state index in [0.717, 1.165) is 16.5 Å². The number of likely N-dealkylation sites (N-methyl/N-ethyl adjacent to an activating group) is 1. The Labute approximate surface area is 320 Å². The summed E-state index contributed by atoms with van der Waals surface area (Å²) in [6.45, 7) is 3.45. The van der Waals surface area contributed by atoms with Crippen molar-refractivity contribution in [2.24, 2.45) is 17.8 Å². The zero-order chi connectivity index (χ0) is 38.0. The van der Waals surface area contributed by atoms with E-state index in [1.54, 1.807) is 40.1 Å². The number of nitrogens with zero attached hydrogens (tertiary/aromatic N) is 2. The van der Waals surface area contributed by atoms with Gasteiger partial charge in [0.05, 0.1) is 18.9 Å². The number of nitrogens with one attached hydrogen (secondary N) is 3. The molecule has 280 valence electrons. The molecule has 54 heavy (non-hydrogen) atoms. The molecule has 2 saturated heterocycles. The molecule has 1 aromatic heterocycles. The van der Waals surface area contributed by atoms with Crippen LogP contribution in [-0.4, -0.2) is 78.2 Å². The number of piperidine rings is 1. The molecule has 0 bridgehead atoms. The quantitative estimate of drug-likeness (QED) is 0.151. The van der Waals surface area contributed by atoms with Crippen molar-refractivity contribution in [3.8, 4) is 11.5 Å². The number of ether oxygens (including phenoxy) is 1. The number of hydrogen-bond donors (Lipinski definition) is 3. The normalized spacial score (nSPS) is 17.6. The number of aromatic amines is 1. The van der Waals surface area contributed by atoms with Crippen LogP contribution in [0.25, 0.3) is 10.9 Å². The van der Waals surface area contributed by atoms with Crippen molar-refractivity contribution in [3.63, 3.8) is 0 Å². The number of halogens is 1. The van der Waals surface area contributed by atoms with Gasteiger partial charge >= 0.3 is 0 Å². The van der Waals surface area contributed by atoms with Crippen molar-refractivity contribution in [2.45, 2.75) is 26.2 Å². The average Bonchev–Trinajstić information content (AvgIpc) is 3.81. The second-order valence-electron chi connectivity index (χ2n) is 13.8. The second-order valence-corrected chi connectivity index (χ2v) is 14.2. The number of amides is 4. The Bertz CT molecular complexity index is 2070. The molecule has 0 spiro atoms. The van der Waals surface area contributed by atoms with Gasteiger partial charge in [0.15, 0.2) is 0 Å². The Balaban J connectivity index is 0.000000485. The highest BCUT2D eigenvalue weighted by atomic mass is 35.5. The minimum Gasteiger partial charge on any atom is -0.457 e. The van der Waals surface area contributed by atoms with Gasteiger partial charge in [-0.25, -0.2) is 0 Å². The number of benzene rings is 4. The monoisotopic (exact) mass is 747 g/mol. The van der Waals surface area contributed by atoms with Gasteiger partial charge in [0.25, 0.3) is 5.91 Å². The van der Waals surface area contributed by atoms with Gasteiger partial charge in [-0.2, -0.15) is 0 Å². The highest BCUT2D eigenvalue weighted by Crippen LogP contribution is 2.37. The number of para-hydroxylation sites is 1. The average molecular weight is 748 g/mol. The van der Waals surface area contributed by atoms with Crippen molar-refractivity contribution in [3.05, 3.63) is 131 Å². The molecule has 11 heteroatoms. The van der Waals surface area contributed by atoms with E-state index in [9.17, 15) is 19.2 Å². The highest BCUT2D eigenvalue weighted by molar-refractivity contribution is 6.31. The van der Waals surface area contributed by atoms with Crippen molar-refractivity contribution in [1.29, 1.82) is 0 Å². The van der Waals surface area contributed by atoms with Crippen LogP contribution in [0.3, 0.4) is 0 Å². The molecule has 3 atom stereocenters. The number of fused-ring (bicyclic) bond motifs is 2. The number of aromatic nitrogens is 1. The molecule has 2 aliphatic heterocycles. The standard InChI is InChI=1S/C34H34ClN5O5.C9H12/c1-36-31(41)16-38-33(43)29-20-39(32(42)13-22-15-37-30-14-24(35)10-11-27(22)30)17-23-18-40(19-28(23)29)34(44)21-6-5-9-26(12-21)45-25-7-3-2-4-8-25;1-2-6-9-7-4-3-5-8-9/h2-12,14-15,23,28-29,37H,13,16-20H2,1H3,(H,36,41)(H,38,43);3-5,7-8H,2,6H2,1H3. The van der Waals surface area contributed by atoms with Crippen LogP contribution < -0.4 is 15.4 Å². The highest BCUT2D eigenvalue weighted by Gasteiger charge is 2.47. The lowest BCUT2D eigenvalue weighted by Gasteiger charge is -2.39. The Morgan fingerprint density at radius 3 is 2.30 bits per heavy atom. The van der Waals surface area contributed by atoms with Crippen molar-refractivity contribution >= 4 is 46.1 Å². The molecule has 0 radical (unpaired) electrons. The summed E-state index contributed by atoms with van der Waals surface area (Å²) in [6, 6.07) is 32.5. The van der Waals surface area contributed by atoms with Crippen LogP contribution in [-0.2, 0) is 27.2 Å². The maximum Gasteiger partial charge on any atom is 0.254 e. The van der Waals surface area contributed by atoms with Gasteiger partial charge in [0.1, 0.15) is 11.5 Å². The van der Waals surface area contributed by atoms with Crippen LogP contribution in [0.5, 0.6) is 11.5 Å². The lowest BCUT2D eigenvalue weighted by molar-refractivity contribution is -0.139. The first-order valence-corrected chi connectivity index (χ1v) is 18.8. The van der Waals surface area contributed by atoms with E-state index in [1.165, 1.54) is 25.5 Å². The van der Waals surface area contributed by atoms with Gasteiger partial charge < -0.3 is 30.2 Å². The zero-order valence-electron chi connectivity index (χ0n) is 30.6. The molecule has 3 N–H and O–H groups in total. The molecule has 7 rings (SSSR count). The topological polar surface area (TPSA) is 124 Å². The number of rotatable bonds is 10. The van der Waals surface area contributed by atoms with Gasteiger partial charge in [-0.15, -0.1) is 0 Å². The first kappa shape index (κ1) is 38.1. The predicted octanol–water partition coefficient (Wildman–Crippen LogP) is 6.50. The number of likely N-dealkylation sites (tertiary alicyclic amines) is 2. The van der Waals surface area contributed by atoms with Crippen LogP contribution in [0.15, 0.2) is 109 Å². The summed E-state index contributed by atoms with van der Waals surface area (Å²) in [4.78, 5) is 59.4. The molecule has 3 unspecified atom stereocenters. The third-order valence-corrected chi connectivity index (χ3v) is 10.3. The number of aryl methyl sites for hydroxylation is 1. The molecule has 2 aliphatic rings. The van der Waals surface area contributed by atoms with Crippen molar-refractivity contribution < 1.29 is 23.9 Å². The van der Waals surface area contributed by atoms with E-state index in [2.05, 4.69) is 52.9 Å². The van der Waals surface area contributed by atoms with Crippen molar-refractivity contribution in [2.75, 3.05) is 39.8 Å². The fraction of sp³-hybridized carbons (Fsp3) is 0.302. The summed E-state index contributed by atoms with van der Waals surface area (Å²) < 4.78 is 5.94. The van der Waals surface area contributed by atoms with Crippen LogP contribution in [0.1, 0.15) is 34.8 Å². The van der Waals surface area contributed by atoms with Gasteiger partial charge in [-0.3, -0.25) is 19.2 Å². The molecule has 10 nitrogen and oxygen atoms in total. The molecule has 4 amide bonds. The number of carbonyl (C=O) groups is 4. The van der Waals surface area contributed by atoms with Gasteiger partial charge in [0, 0.05) is 60.9 Å². The second kappa shape index (κ2) is 17.9. The first-order chi connectivity index (χ1) is 26.2. The van der Waals surface area contributed by atoms with E-state index in [1.807, 2.05) is 48.7 Å². The molecule has 0 saturated carbocycles. The lowest BCUT2D eigenvalue weighted by atomic mass is 9.79. The van der Waals surface area contributed by atoms with Gasteiger partial charge in [-0.1, -0.05) is 85.6 Å². The Hall–Kier alpha value is -5.61. The molecule has 2 fully saturated rings. The Morgan fingerprint density at radius 2 is 1.56 bits per heavy atom. The maximum atomic E-state index is 13.7. The third kappa shape index (κ3) is 9.48. The molecule has 0 aliphatic carbocycles. The fourth-order valence-corrected chi connectivity index (χ4v) is 7.49. The summed E-state index contributed by atoms with van der Waals surface area (Å²) in [5, 5.41) is 6.75. The van der Waals surface area contributed by atoms with Crippen LogP contribution >= 0.6 is 11.6 Å². The predicted molar refractivity (Wildman–Crippen MR) is 210 cm³/mol. The minimum atomic E-state index is -0.579. The fourth-order valence-electron chi connectivity index (χ4n) is 7.32. The van der Waals surface area contributed by atoms with E-state index in [-0.39, 0.29) is 55.0 Å². The van der Waals surface area contributed by atoms with E-state index >= 15 is 0 Å². The van der Waals surface area contributed by atoms with Crippen molar-refractivity contribution in [1.82, 2.24) is 25.4 Å². The number of H-pyrrole nitrogens is 1. The summed E-state index contributed by atoms with van der Waals surface area (Å²) in [7, 11) is 1.50. The third-order valence-electron chi connectivity index (χ3n) is 10.1. The number of carbonyl (C=O) groups excluding carboxylic acids is 4. The molecule has 5 aromatic rings. The smallest absolute Gasteiger partial charge is 0.254 e. The number of hydrogen-bond acceptors (Lipinski definition) is 5. The summed E-state index contributed by atoms with van der Waals surface area (Å²) in [6.07, 6.45) is 4.41. The zero-order valence-corrected chi connectivity index (χ0v) is 31.4. The maximum absolute atomic E-state index is 13.7. The van der Waals surface area contributed by atoms with E-state index in [0.29, 0.717) is 41.7 Å². The largest absolute Gasteiger partial charge is 0.457 e. The molecular weight excluding hydrogens is 702 g/mol. The first-order valence-electron chi connectivity index (χ1n) is 18.4. The lowest BCUT2D eigenvalue weighted by Crippen LogP contribution is -2.54. The molecule has 4 aromatic carbocycles. The molecule has 3 heterocycles. The van der Waals surface area contributed by atoms with Crippen LogP contribution in [0.4, 0.5) is 0 Å². The van der Waals surface area contributed by atoms with E-state index in [4.69, 9.17) is 16.3 Å². The summed E-state index contributed by atoms with van der Waals surface area (Å²) in [5.74, 6) is -0.525. The molecular formula is C43H46ClN5O5. The van der Waals surface area contributed by atoms with Gasteiger partial charge in [0.2, 0.25) is 17.7 Å². The van der Waals surface area contributed by atoms with Gasteiger partial charge in [-0.05, 0) is 71.8 Å². The van der Waals surface area contributed by atoms with Crippen LogP contribution in [0.2, 0.25) is 5.02 Å². The Kier molecular flexibility index (Phi) is 12.7. The SMILES string of the molecule is CCCc1ccccc1.CNC(=O)CNC(=O)C1CN(C(=O)Cc2c[nH]c3cc(Cl)ccc23)CC2CN(C(=O)c3cccc(Oc4ccccc4)c3)CC21. The Morgan fingerprint density at radius 1 is 0.833 bits per heavy atom. The van der Waals surface area contributed by atoms with E-state index < -0.39 is 5.92 Å². The van der Waals surface area contributed by atoms with Crippen LogP contribution in [0, 0.1) is 17.8 Å². The minimum absolute atomic E-state index is 0.104. The summed E-state index contributed by atoms with van der Waals surface area (Å²) in [5.41, 5.74) is 3.61. The summed E-state index contributed by atoms with van der Waals surface area (Å²) >= 11 is 6.13.